The lowest BCUT2D eigenvalue weighted by molar-refractivity contribution is -0.617. The fraction of sp³-hybridized carbons (Fsp3) is 0.174. The van der Waals surface area contributed by atoms with Gasteiger partial charge in [0, 0.05) is 17.7 Å². The van der Waals surface area contributed by atoms with Crippen molar-refractivity contribution in [3.8, 4) is 11.1 Å². The molecule has 0 aliphatic carbocycles. The van der Waals surface area contributed by atoms with Crippen molar-refractivity contribution in [1.82, 2.24) is 0 Å². The molecule has 1 aromatic heterocycles. The third kappa shape index (κ3) is 4.84. The van der Waals surface area contributed by atoms with Gasteiger partial charge in [-0.1, -0.05) is 17.7 Å². The second kappa shape index (κ2) is 8.25. The van der Waals surface area contributed by atoms with Crippen molar-refractivity contribution in [2.75, 3.05) is 0 Å². The highest BCUT2D eigenvalue weighted by molar-refractivity contribution is 6.50. The van der Waals surface area contributed by atoms with Crippen molar-refractivity contribution in [2.24, 2.45) is 7.05 Å². The minimum Gasteiger partial charge on any atom is -0.418 e. The van der Waals surface area contributed by atoms with Crippen LogP contribution in [0.1, 0.15) is 16.7 Å². The molecule has 0 aliphatic rings. The van der Waals surface area contributed by atoms with Crippen LogP contribution in [0.3, 0.4) is 0 Å². The topological polar surface area (TPSA) is 3.88 Å². The van der Waals surface area contributed by atoms with Gasteiger partial charge in [0.15, 0.2) is 0 Å². The number of hydrogen-bond donors (Lipinski definition) is 0. The maximum Gasteiger partial charge on any atom is 0.673 e. The Morgan fingerprint density at radius 3 is 1.42 bits per heavy atom. The molecule has 4 rings (SSSR count). The molecule has 0 aliphatic heterocycles. The molecular formula is C23H20BF6N. The zero-order valence-corrected chi connectivity index (χ0v) is 17.4. The van der Waals surface area contributed by atoms with Crippen LogP contribution in [0.25, 0.3) is 32.9 Å². The van der Waals surface area contributed by atoms with Gasteiger partial charge < -0.3 is 17.3 Å². The Balaban J connectivity index is 0.000000491. The molecule has 0 amide bonds. The standard InChI is InChI=1S/C23H20F2N.BF4/c1-13-9-14(2)22(15(3)10-13)23-18-11-16(24)5-7-20(18)26(4)21-8-6-17(25)12-19(21)23;2-1(3,4)5/h5-12H,1-4H3;/q+1;-1. The maximum absolute atomic E-state index is 14.1. The first-order valence-corrected chi connectivity index (χ1v) is 9.53. The van der Waals surface area contributed by atoms with E-state index in [1.54, 1.807) is 24.3 Å². The summed E-state index contributed by atoms with van der Waals surface area (Å²) >= 11 is 0. The SMILES string of the molecule is Cc1cc(C)c(-c2c3cc(F)ccc3[n+](C)c3ccc(F)cc23)c(C)c1.F[B-](F)(F)F. The van der Waals surface area contributed by atoms with Crippen LogP contribution in [-0.4, -0.2) is 7.25 Å². The van der Waals surface area contributed by atoms with Crippen molar-refractivity contribution in [1.29, 1.82) is 0 Å². The van der Waals surface area contributed by atoms with E-state index in [1.165, 1.54) is 17.7 Å². The monoisotopic (exact) mass is 435 g/mol. The Hall–Kier alpha value is -3.03. The van der Waals surface area contributed by atoms with Gasteiger partial charge in [0.05, 0.1) is 10.8 Å². The molecule has 0 unspecified atom stereocenters. The van der Waals surface area contributed by atoms with Crippen molar-refractivity contribution >= 4 is 29.1 Å². The summed E-state index contributed by atoms with van der Waals surface area (Å²) in [5.74, 6) is -0.589. The van der Waals surface area contributed by atoms with E-state index < -0.39 is 7.25 Å². The summed E-state index contributed by atoms with van der Waals surface area (Å²) in [6, 6.07) is 13.8. The molecule has 0 spiro atoms. The van der Waals surface area contributed by atoms with Crippen LogP contribution in [0.2, 0.25) is 0 Å². The lowest BCUT2D eigenvalue weighted by Crippen LogP contribution is -2.30. The summed E-state index contributed by atoms with van der Waals surface area (Å²) in [4.78, 5) is 0. The summed E-state index contributed by atoms with van der Waals surface area (Å²) in [5.41, 5.74) is 7.15. The smallest absolute Gasteiger partial charge is 0.418 e. The molecule has 0 saturated heterocycles. The van der Waals surface area contributed by atoms with Crippen LogP contribution in [0, 0.1) is 32.4 Å². The number of rotatable bonds is 1. The van der Waals surface area contributed by atoms with Gasteiger partial charge in [0.2, 0.25) is 11.0 Å². The van der Waals surface area contributed by atoms with Gasteiger partial charge in [0.25, 0.3) is 0 Å². The Kier molecular flexibility index (Phi) is 6.03. The van der Waals surface area contributed by atoms with Crippen molar-refractivity contribution in [3.05, 3.63) is 76.9 Å². The highest BCUT2D eigenvalue weighted by atomic mass is 19.5. The molecule has 0 N–H and O–H groups in total. The first-order valence-electron chi connectivity index (χ1n) is 9.53. The molecule has 162 valence electrons. The molecular weight excluding hydrogens is 415 g/mol. The number of halogens is 6. The normalized spacial score (nSPS) is 11.5. The van der Waals surface area contributed by atoms with E-state index in [9.17, 15) is 26.0 Å². The molecule has 1 heterocycles. The van der Waals surface area contributed by atoms with Gasteiger partial charge in [-0.25, -0.2) is 8.78 Å². The minimum atomic E-state index is -6.00. The molecule has 1 nitrogen and oxygen atoms in total. The highest BCUT2D eigenvalue weighted by Gasteiger charge is 2.22. The molecule has 0 saturated carbocycles. The van der Waals surface area contributed by atoms with Crippen molar-refractivity contribution < 1.29 is 30.6 Å². The Morgan fingerprint density at radius 2 is 1.03 bits per heavy atom. The van der Waals surface area contributed by atoms with E-state index >= 15 is 0 Å². The molecule has 0 bridgehead atoms. The lowest BCUT2D eigenvalue weighted by Gasteiger charge is -2.16. The Morgan fingerprint density at radius 1 is 0.645 bits per heavy atom. The van der Waals surface area contributed by atoms with Crippen LogP contribution < -0.4 is 4.57 Å². The third-order valence-electron chi connectivity index (χ3n) is 5.11. The number of nitrogens with zero attached hydrogens (tertiary/aromatic N) is 1. The predicted molar refractivity (Wildman–Crippen MR) is 112 cm³/mol. The van der Waals surface area contributed by atoms with E-state index in [0.717, 1.165) is 44.1 Å². The summed E-state index contributed by atoms with van der Waals surface area (Å²) < 4.78 is 69.2. The number of aromatic nitrogens is 1. The van der Waals surface area contributed by atoms with Crippen LogP contribution in [0.4, 0.5) is 26.0 Å². The van der Waals surface area contributed by atoms with Gasteiger partial charge in [0.1, 0.15) is 18.7 Å². The predicted octanol–water partition coefficient (Wildman–Crippen LogP) is 6.99. The van der Waals surface area contributed by atoms with E-state index in [-0.39, 0.29) is 11.6 Å². The fourth-order valence-corrected chi connectivity index (χ4v) is 4.12. The summed E-state index contributed by atoms with van der Waals surface area (Å²) in [5, 5.41) is 1.58. The third-order valence-corrected chi connectivity index (χ3v) is 5.11. The van der Waals surface area contributed by atoms with Crippen molar-refractivity contribution in [2.45, 2.75) is 20.8 Å². The highest BCUT2D eigenvalue weighted by Crippen LogP contribution is 2.38. The van der Waals surface area contributed by atoms with E-state index in [0.29, 0.717) is 0 Å². The zero-order valence-electron chi connectivity index (χ0n) is 17.4. The average molecular weight is 435 g/mol. The first-order chi connectivity index (χ1) is 14.4. The Bertz CT molecular complexity index is 1210. The molecule has 31 heavy (non-hydrogen) atoms. The van der Waals surface area contributed by atoms with Crippen LogP contribution >= 0.6 is 0 Å². The van der Waals surface area contributed by atoms with E-state index in [2.05, 4.69) is 32.9 Å². The van der Waals surface area contributed by atoms with Crippen molar-refractivity contribution in [3.63, 3.8) is 0 Å². The van der Waals surface area contributed by atoms with Gasteiger partial charge in [-0.3, -0.25) is 0 Å². The second-order valence-electron chi connectivity index (χ2n) is 7.53. The molecule has 0 atom stereocenters. The fourth-order valence-electron chi connectivity index (χ4n) is 4.12. The number of aryl methyl sites for hydroxylation is 4. The quantitative estimate of drug-likeness (QED) is 0.131. The number of benzene rings is 3. The molecule has 0 radical (unpaired) electrons. The van der Waals surface area contributed by atoms with Gasteiger partial charge >= 0.3 is 7.25 Å². The van der Waals surface area contributed by atoms with Crippen LogP contribution in [0.5, 0.6) is 0 Å². The first kappa shape index (κ1) is 22.7. The van der Waals surface area contributed by atoms with Gasteiger partial charge in [-0.2, -0.15) is 4.57 Å². The van der Waals surface area contributed by atoms with E-state index in [4.69, 9.17) is 0 Å². The molecule has 8 heteroatoms. The zero-order chi connectivity index (χ0) is 23.1. The summed E-state index contributed by atoms with van der Waals surface area (Å²) in [6.07, 6.45) is 0. The van der Waals surface area contributed by atoms with E-state index in [1.807, 2.05) is 11.6 Å². The summed E-state index contributed by atoms with van der Waals surface area (Å²) in [7, 11) is -4.07. The summed E-state index contributed by atoms with van der Waals surface area (Å²) in [6.45, 7) is 6.17. The molecule has 4 aromatic rings. The molecule has 3 aromatic carbocycles. The minimum absolute atomic E-state index is 0.295. The largest absolute Gasteiger partial charge is 0.673 e. The number of pyridine rings is 1. The lowest BCUT2D eigenvalue weighted by atomic mass is 9.89. The maximum atomic E-state index is 14.1. The number of hydrogen-bond acceptors (Lipinski definition) is 0. The van der Waals surface area contributed by atoms with Gasteiger partial charge in [-0.15, -0.1) is 0 Å². The van der Waals surface area contributed by atoms with Gasteiger partial charge in [-0.05, 0) is 61.7 Å². The van der Waals surface area contributed by atoms with Crippen LogP contribution in [0.15, 0.2) is 48.5 Å². The van der Waals surface area contributed by atoms with Crippen LogP contribution in [-0.2, 0) is 7.05 Å². The Labute approximate surface area is 176 Å². The molecule has 0 fully saturated rings. The number of fused-ring (bicyclic) bond motifs is 2. The average Bonchev–Trinajstić information content (AvgIpc) is 2.62. The second-order valence-corrected chi connectivity index (χ2v) is 7.53.